The molecule has 1 N–H and O–H groups in total. The second-order valence-electron chi connectivity index (χ2n) is 7.84. The Hall–Kier alpha value is -2.72. The number of fused-ring (bicyclic) bond motifs is 1. The first-order chi connectivity index (χ1) is 14.5. The van der Waals surface area contributed by atoms with Crippen molar-refractivity contribution in [3.05, 3.63) is 101 Å². The highest BCUT2D eigenvalue weighted by Gasteiger charge is 2.33. The van der Waals surface area contributed by atoms with Crippen LogP contribution in [0.15, 0.2) is 84.9 Å². The number of nitrogens with zero attached hydrogens (tertiary/aromatic N) is 2. The van der Waals surface area contributed by atoms with Crippen molar-refractivity contribution >= 4 is 22.5 Å². The summed E-state index contributed by atoms with van der Waals surface area (Å²) in [7, 11) is 4.03. The number of halogens is 1. The van der Waals surface area contributed by atoms with E-state index >= 15 is 0 Å². The van der Waals surface area contributed by atoms with Crippen molar-refractivity contribution in [1.29, 1.82) is 0 Å². The summed E-state index contributed by atoms with van der Waals surface area (Å²) < 4.78 is 0. The Morgan fingerprint density at radius 1 is 0.900 bits per heavy atom. The number of pyridine rings is 1. The number of hydrogen-bond acceptors (Lipinski definition) is 3. The molecule has 3 aromatic carbocycles. The van der Waals surface area contributed by atoms with E-state index in [1.807, 2.05) is 93.0 Å². The summed E-state index contributed by atoms with van der Waals surface area (Å²) in [5, 5.41) is 13.4. The van der Waals surface area contributed by atoms with E-state index in [1.54, 1.807) is 0 Å². The molecule has 4 aromatic rings. The summed E-state index contributed by atoms with van der Waals surface area (Å²) >= 11 is 6.54. The molecule has 0 saturated carbocycles. The van der Waals surface area contributed by atoms with Crippen LogP contribution < -0.4 is 0 Å². The molecule has 1 atom stereocenters. The Morgan fingerprint density at radius 2 is 1.57 bits per heavy atom. The third-order valence-electron chi connectivity index (χ3n) is 5.52. The van der Waals surface area contributed by atoms with Gasteiger partial charge in [-0.2, -0.15) is 0 Å². The predicted molar refractivity (Wildman–Crippen MR) is 125 cm³/mol. The molecular weight excluding hydrogens is 392 g/mol. The Kier molecular flexibility index (Phi) is 5.87. The lowest BCUT2D eigenvalue weighted by Gasteiger charge is -2.32. The Balaban J connectivity index is 1.95. The molecule has 152 valence electrons. The highest BCUT2D eigenvalue weighted by molar-refractivity contribution is 6.32. The van der Waals surface area contributed by atoms with Crippen LogP contribution in [0.1, 0.15) is 17.5 Å². The zero-order valence-electron chi connectivity index (χ0n) is 17.2. The van der Waals surface area contributed by atoms with Gasteiger partial charge in [0.2, 0.25) is 0 Å². The molecule has 1 unspecified atom stereocenters. The summed E-state index contributed by atoms with van der Waals surface area (Å²) in [6.45, 7) is 0.744. The van der Waals surface area contributed by atoms with Crippen LogP contribution in [0.3, 0.4) is 0 Å². The topological polar surface area (TPSA) is 36.4 Å². The summed E-state index contributed by atoms with van der Waals surface area (Å²) in [5.74, 6) is 0. The molecule has 0 aliphatic carbocycles. The fourth-order valence-corrected chi connectivity index (χ4v) is 4.14. The third kappa shape index (κ3) is 3.97. The van der Waals surface area contributed by atoms with Crippen molar-refractivity contribution in [3.63, 3.8) is 0 Å². The number of hydrogen-bond donors (Lipinski definition) is 1. The van der Waals surface area contributed by atoms with Crippen molar-refractivity contribution in [1.82, 2.24) is 9.88 Å². The Bertz CT molecular complexity index is 1150. The fourth-order valence-electron chi connectivity index (χ4n) is 3.89. The van der Waals surface area contributed by atoms with Crippen LogP contribution in [0.5, 0.6) is 0 Å². The first-order valence-corrected chi connectivity index (χ1v) is 10.4. The molecule has 0 aliphatic rings. The van der Waals surface area contributed by atoms with Gasteiger partial charge in [0.15, 0.2) is 0 Å². The highest BCUT2D eigenvalue weighted by Crippen LogP contribution is 2.39. The highest BCUT2D eigenvalue weighted by atomic mass is 35.5. The van der Waals surface area contributed by atoms with Gasteiger partial charge in [-0.05, 0) is 49.3 Å². The monoisotopic (exact) mass is 416 g/mol. The van der Waals surface area contributed by atoms with Gasteiger partial charge in [0.1, 0.15) is 10.8 Å². The van der Waals surface area contributed by atoms with Crippen molar-refractivity contribution in [2.24, 2.45) is 0 Å². The average molecular weight is 417 g/mol. The Morgan fingerprint density at radius 3 is 2.23 bits per heavy atom. The summed E-state index contributed by atoms with van der Waals surface area (Å²) in [6.07, 6.45) is 0.562. The molecule has 0 radical (unpaired) electrons. The van der Waals surface area contributed by atoms with Crippen molar-refractivity contribution in [2.45, 2.75) is 12.0 Å². The second-order valence-corrected chi connectivity index (χ2v) is 8.20. The van der Waals surface area contributed by atoms with Gasteiger partial charge in [-0.15, -0.1) is 0 Å². The predicted octanol–water partition coefficient (Wildman–Crippen LogP) is 5.74. The lowest BCUT2D eigenvalue weighted by Crippen LogP contribution is -2.32. The quantitative estimate of drug-likeness (QED) is 0.407. The van der Waals surface area contributed by atoms with E-state index in [0.29, 0.717) is 11.6 Å². The minimum absolute atomic E-state index is 0.461. The van der Waals surface area contributed by atoms with Crippen LogP contribution in [-0.4, -0.2) is 35.6 Å². The molecule has 3 nitrogen and oxygen atoms in total. The smallest absolute Gasteiger partial charge is 0.137 e. The number of aliphatic hydroxyl groups is 1. The van der Waals surface area contributed by atoms with Crippen LogP contribution >= 0.6 is 11.6 Å². The molecular formula is C26H25ClN2O. The summed E-state index contributed by atoms with van der Waals surface area (Å²) in [5.41, 5.74) is 3.21. The van der Waals surface area contributed by atoms with Gasteiger partial charge in [0.25, 0.3) is 0 Å². The maximum Gasteiger partial charge on any atom is 0.137 e. The van der Waals surface area contributed by atoms with Gasteiger partial charge in [0.05, 0.1) is 5.52 Å². The van der Waals surface area contributed by atoms with Gasteiger partial charge >= 0.3 is 0 Å². The van der Waals surface area contributed by atoms with Gasteiger partial charge < -0.3 is 10.0 Å². The molecule has 0 bridgehead atoms. The molecule has 0 spiro atoms. The molecule has 0 saturated heterocycles. The van der Waals surface area contributed by atoms with Crippen LogP contribution in [0.2, 0.25) is 5.15 Å². The molecule has 1 aromatic heterocycles. The van der Waals surface area contributed by atoms with Gasteiger partial charge in [0, 0.05) is 17.5 Å². The van der Waals surface area contributed by atoms with E-state index in [4.69, 9.17) is 11.6 Å². The van der Waals surface area contributed by atoms with Crippen molar-refractivity contribution in [2.75, 3.05) is 20.6 Å². The molecule has 4 rings (SSSR count). The van der Waals surface area contributed by atoms with E-state index in [9.17, 15) is 5.11 Å². The average Bonchev–Trinajstić information content (AvgIpc) is 2.77. The molecule has 0 amide bonds. The van der Waals surface area contributed by atoms with E-state index in [0.717, 1.165) is 39.7 Å². The maximum absolute atomic E-state index is 12.0. The lowest BCUT2D eigenvalue weighted by atomic mass is 9.81. The SMILES string of the molecule is CN(C)CCC(O)(c1ccccc1)c1cccc2nc(Cl)c(-c3ccccc3)cc12. The zero-order valence-corrected chi connectivity index (χ0v) is 18.0. The van der Waals surface area contributed by atoms with E-state index in [1.165, 1.54) is 0 Å². The van der Waals surface area contributed by atoms with E-state index in [-0.39, 0.29) is 0 Å². The largest absolute Gasteiger partial charge is 0.380 e. The minimum atomic E-state index is -1.14. The standard InChI is InChI=1S/C26H25ClN2O/c1-29(2)17-16-26(30,20-12-7-4-8-13-20)23-14-9-15-24-22(23)18-21(25(27)28-24)19-10-5-3-6-11-19/h3-15,18,30H,16-17H2,1-2H3. The maximum atomic E-state index is 12.0. The van der Waals surface area contributed by atoms with E-state index in [2.05, 4.69) is 16.0 Å². The van der Waals surface area contributed by atoms with Gasteiger partial charge in [-0.3, -0.25) is 0 Å². The van der Waals surface area contributed by atoms with Crippen LogP contribution in [0, 0.1) is 0 Å². The molecule has 1 heterocycles. The second kappa shape index (κ2) is 8.57. The first-order valence-electron chi connectivity index (χ1n) is 10.1. The minimum Gasteiger partial charge on any atom is -0.380 e. The normalized spacial score (nSPS) is 13.5. The molecule has 4 heteroatoms. The fraction of sp³-hybridized carbons (Fsp3) is 0.192. The number of aromatic nitrogens is 1. The summed E-state index contributed by atoms with van der Waals surface area (Å²) in [4.78, 5) is 6.75. The van der Waals surface area contributed by atoms with Crippen LogP contribution in [-0.2, 0) is 5.60 Å². The van der Waals surface area contributed by atoms with Crippen molar-refractivity contribution < 1.29 is 5.11 Å². The van der Waals surface area contributed by atoms with Gasteiger partial charge in [-0.25, -0.2) is 4.98 Å². The van der Waals surface area contributed by atoms with Crippen molar-refractivity contribution in [3.8, 4) is 11.1 Å². The molecule has 30 heavy (non-hydrogen) atoms. The first kappa shape index (κ1) is 20.5. The number of benzene rings is 3. The zero-order chi connectivity index (χ0) is 21.1. The molecule has 0 fully saturated rings. The van der Waals surface area contributed by atoms with Crippen LogP contribution in [0.4, 0.5) is 0 Å². The Labute approximate surface area is 182 Å². The van der Waals surface area contributed by atoms with E-state index < -0.39 is 5.60 Å². The van der Waals surface area contributed by atoms with Crippen LogP contribution in [0.25, 0.3) is 22.0 Å². The third-order valence-corrected chi connectivity index (χ3v) is 5.80. The summed E-state index contributed by atoms with van der Waals surface area (Å²) in [6, 6.07) is 27.8. The molecule has 0 aliphatic heterocycles. The number of rotatable bonds is 6. The lowest BCUT2D eigenvalue weighted by molar-refractivity contribution is 0.0643. The van der Waals surface area contributed by atoms with Gasteiger partial charge in [-0.1, -0.05) is 84.4 Å².